The largest absolute Gasteiger partial charge is 0.451 e. The fourth-order valence-corrected chi connectivity index (χ4v) is 9.34. The van der Waals surface area contributed by atoms with E-state index in [4.69, 9.17) is 35.2 Å². The zero-order valence-corrected chi connectivity index (χ0v) is 39.1. The number of carbonyl (C=O) groups excluding carboxylic acids is 3. The highest BCUT2D eigenvalue weighted by molar-refractivity contribution is 7.16. The second-order valence-corrected chi connectivity index (χ2v) is 18.2. The van der Waals surface area contributed by atoms with Gasteiger partial charge in [-0.1, -0.05) is 105 Å². The fourth-order valence-electron chi connectivity index (χ4n) is 7.89. The Kier molecular flexibility index (Phi) is 14.6. The van der Waals surface area contributed by atoms with E-state index < -0.39 is 41.6 Å². The topological polar surface area (TPSA) is 256 Å². The van der Waals surface area contributed by atoms with Crippen LogP contribution in [0.3, 0.4) is 0 Å². The van der Waals surface area contributed by atoms with Crippen molar-refractivity contribution in [2.45, 2.75) is 90.3 Å². The highest BCUT2D eigenvalue weighted by Crippen LogP contribution is 2.47. The Bertz CT molecular complexity index is 2970. The van der Waals surface area contributed by atoms with E-state index in [0.29, 0.717) is 39.1 Å². The summed E-state index contributed by atoms with van der Waals surface area (Å²) in [6, 6.07) is 26.2. The number of aromatic nitrogens is 6. The van der Waals surface area contributed by atoms with E-state index in [1.807, 2.05) is 45.9 Å². The third-order valence-corrected chi connectivity index (χ3v) is 13.7. The van der Waals surface area contributed by atoms with Gasteiger partial charge in [-0.3, -0.25) is 19.1 Å². The molecule has 9 rings (SSSR count). The van der Waals surface area contributed by atoms with Crippen LogP contribution in [-0.2, 0) is 23.7 Å². The molecule has 0 amide bonds. The van der Waals surface area contributed by atoms with Crippen LogP contribution in [0.5, 0.6) is 0 Å². The number of nitrogens with zero attached hydrogens (tertiary/aromatic N) is 5. The van der Waals surface area contributed by atoms with Crippen molar-refractivity contribution < 1.29 is 38.1 Å². The smallest absolute Gasteiger partial charge is 0.340 e. The lowest BCUT2D eigenvalue weighted by molar-refractivity contribution is -0.169. The summed E-state index contributed by atoms with van der Waals surface area (Å²) >= 11 is 2.08. The number of anilines is 2. The van der Waals surface area contributed by atoms with Crippen LogP contribution in [0.25, 0.3) is 20.7 Å². The van der Waals surface area contributed by atoms with Crippen molar-refractivity contribution in [1.82, 2.24) is 29.5 Å². The lowest BCUT2D eigenvalue weighted by Gasteiger charge is -2.33. The van der Waals surface area contributed by atoms with E-state index in [2.05, 4.69) is 24.9 Å². The quantitative estimate of drug-likeness (QED) is 0.0956. The van der Waals surface area contributed by atoms with Gasteiger partial charge in [0, 0.05) is 11.8 Å². The first kappa shape index (κ1) is 48.1. The third-order valence-electron chi connectivity index (χ3n) is 12.0. The van der Waals surface area contributed by atoms with Gasteiger partial charge in [0.2, 0.25) is 18.2 Å². The molecule has 350 valence electrons. The SMILES string of the molecule is CC[C@H]1OC(OC(=O)c2ccccc2)[C@](C)(OC(=O)c2ccccc2)[C@@H]1C.CC[C@H]1O[C@@H](n2c(=O)sc3cnc(N)nc32)[C@](C)(OC(=O)c2ccccc2)[C@@H]1C.Nc1ncc2sc(=O)[nH]c2n1. The molecule has 18 nitrogen and oxygen atoms in total. The van der Waals surface area contributed by atoms with Crippen molar-refractivity contribution in [3.63, 3.8) is 0 Å². The van der Waals surface area contributed by atoms with Gasteiger partial charge in [0.1, 0.15) is 0 Å². The van der Waals surface area contributed by atoms with Crippen LogP contribution >= 0.6 is 22.7 Å². The van der Waals surface area contributed by atoms with Crippen LogP contribution in [0.2, 0.25) is 0 Å². The summed E-state index contributed by atoms with van der Waals surface area (Å²) in [5.74, 6) is -1.49. The van der Waals surface area contributed by atoms with Crippen LogP contribution in [0.4, 0.5) is 11.9 Å². The Labute approximate surface area is 392 Å². The van der Waals surface area contributed by atoms with E-state index in [1.54, 1.807) is 86.6 Å². The molecule has 3 aromatic carbocycles. The molecular formula is C47H50N8O10S2. The van der Waals surface area contributed by atoms with Gasteiger partial charge in [0.05, 0.1) is 50.7 Å². The summed E-state index contributed by atoms with van der Waals surface area (Å²) in [5.41, 5.74) is 11.1. The summed E-state index contributed by atoms with van der Waals surface area (Å²) < 4.78 is 32.4. The molecule has 6 heterocycles. The minimum Gasteiger partial charge on any atom is -0.451 e. The minimum absolute atomic E-state index is 0.0603. The number of hydrogen-bond donors (Lipinski definition) is 3. The van der Waals surface area contributed by atoms with Gasteiger partial charge in [-0.05, 0) is 63.1 Å². The standard InChI is InChI=1S/C22H24O5.C20H22N4O4S.C5H4N4OS/c1-4-18-15(2)22(3,27-20(24)17-13-9-6-10-14-17)21(25-18)26-19(23)16-11-7-5-8-12-16;1-4-13-11(2)20(3,28-16(25)12-8-6-5-7-9-12)17(27-13)24-15-14(29-19(24)26)10-22-18(21)23-15;6-4-7-1-2-3(8-4)9-5(10)11-2/h5-15,18,21H,4H2,1-3H3;5-11,13,17H,4H2,1-3H3,(H2,21,22,23);1H,(H3,6,7,8,9,10)/t15-,18-,21?,22-;11-,13-,17-,20-;/m11./s1. The van der Waals surface area contributed by atoms with Gasteiger partial charge in [-0.25, -0.2) is 24.4 Å². The van der Waals surface area contributed by atoms with E-state index in [9.17, 15) is 24.0 Å². The van der Waals surface area contributed by atoms with Crippen molar-refractivity contribution in [2.75, 3.05) is 11.5 Å². The molecule has 0 spiro atoms. The minimum atomic E-state index is -1.09. The summed E-state index contributed by atoms with van der Waals surface area (Å²) in [6.45, 7) is 11.5. The molecule has 2 aliphatic heterocycles. The normalized spacial score (nSPS) is 24.2. The molecule has 2 aliphatic rings. The van der Waals surface area contributed by atoms with Crippen molar-refractivity contribution >= 4 is 73.2 Å². The maximum atomic E-state index is 12.9. The number of rotatable bonds is 9. The first-order valence-corrected chi connectivity index (χ1v) is 23.1. The van der Waals surface area contributed by atoms with Gasteiger partial charge < -0.3 is 35.2 Å². The number of fused-ring (bicyclic) bond motifs is 2. The van der Waals surface area contributed by atoms with Crippen LogP contribution in [0.15, 0.2) is 113 Å². The Balaban J connectivity index is 0.000000163. The highest BCUT2D eigenvalue weighted by Gasteiger charge is 2.57. The molecule has 4 aromatic heterocycles. The molecule has 8 atom stereocenters. The average molecular weight is 951 g/mol. The molecule has 7 aromatic rings. The van der Waals surface area contributed by atoms with Crippen molar-refractivity contribution in [1.29, 1.82) is 0 Å². The molecule has 0 bridgehead atoms. The van der Waals surface area contributed by atoms with Crippen LogP contribution in [0.1, 0.15) is 91.7 Å². The molecule has 0 aliphatic carbocycles. The number of ether oxygens (including phenoxy) is 5. The van der Waals surface area contributed by atoms with Gasteiger partial charge in [0.25, 0.3) is 0 Å². The summed E-state index contributed by atoms with van der Waals surface area (Å²) in [5, 5.41) is 0. The third kappa shape index (κ3) is 10.3. The zero-order valence-electron chi connectivity index (χ0n) is 37.5. The number of H-pyrrole nitrogens is 1. The van der Waals surface area contributed by atoms with Crippen LogP contribution < -0.4 is 21.2 Å². The Morgan fingerprint density at radius 2 is 1.16 bits per heavy atom. The van der Waals surface area contributed by atoms with Crippen molar-refractivity contribution in [3.05, 3.63) is 139 Å². The number of nitrogen functional groups attached to an aromatic ring is 2. The molecular weight excluding hydrogens is 901 g/mol. The van der Waals surface area contributed by atoms with Crippen LogP contribution in [-0.4, -0.2) is 77.1 Å². The monoisotopic (exact) mass is 950 g/mol. The molecule has 0 radical (unpaired) electrons. The average Bonchev–Trinajstić information content (AvgIpc) is 4.01. The lowest BCUT2D eigenvalue weighted by atomic mass is 9.86. The number of nitrogens with two attached hydrogens (primary N) is 2. The first-order valence-electron chi connectivity index (χ1n) is 21.4. The van der Waals surface area contributed by atoms with Crippen molar-refractivity contribution in [2.24, 2.45) is 11.8 Å². The van der Waals surface area contributed by atoms with Crippen molar-refractivity contribution in [3.8, 4) is 0 Å². The fraction of sp³-hybridized carbons (Fsp3) is 0.340. The molecule has 2 fully saturated rings. The number of nitrogens with one attached hydrogen (secondary N) is 1. The second-order valence-electron chi connectivity index (χ2n) is 16.2. The highest BCUT2D eigenvalue weighted by atomic mass is 32.1. The Hall–Kier alpha value is -6.87. The molecule has 1 unspecified atom stereocenters. The summed E-state index contributed by atoms with van der Waals surface area (Å²) in [6.07, 6.45) is 2.32. The number of esters is 3. The van der Waals surface area contributed by atoms with Gasteiger partial charge in [0.15, 0.2) is 28.7 Å². The van der Waals surface area contributed by atoms with Crippen LogP contribution in [0, 0.1) is 11.8 Å². The van der Waals surface area contributed by atoms with E-state index >= 15 is 0 Å². The number of thiazole rings is 2. The summed E-state index contributed by atoms with van der Waals surface area (Å²) in [4.78, 5) is 79.5. The maximum absolute atomic E-state index is 12.9. The Morgan fingerprint density at radius 3 is 1.72 bits per heavy atom. The van der Waals surface area contributed by atoms with E-state index in [-0.39, 0.29) is 45.7 Å². The molecule has 67 heavy (non-hydrogen) atoms. The maximum Gasteiger partial charge on any atom is 0.340 e. The second kappa shape index (κ2) is 20.3. The first-order chi connectivity index (χ1) is 32.1. The molecule has 2 saturated heterocycles. The number of benzene rings is 3. The number of aromatic amines is 1. The van der Waals surface area contributed by atoms with Gasteiger partial charge in [-0.2, -0.15) is 9.97 Å². The zero-order chi connectivity index (χ0) is 48.0. The predicted molar refractivity (Wildman–Crippen MR) is 252 cm³/mol. The number of hydrogen-bond acceptors (Lipinski definition) is 18. The molecule has 20 heteroatoms. The molecule has 0 saturated carbocycles. The Morgan fingerprint density at radius 1 is 0.687 bits per heavy atom. The van der Waals surface area contributed by atoms with E-state index in [1.165, 1.54) is 17.0 Å². The summed E-state index contributed by atoms with van der Waals surface area (Å²) in [7, 11) is 0. The lowest BCUT2D eigenvalue weighted by Crippen LogP contribution is -2.46. The van der Waals surface area contributed by atoms with Gasteiger partial charge in [-0.15, -0.1) is 0 Å². The predicted octanol–water partition coefficient (Wildman–Crippen LogP) is 7.19. The molecule has 5 N–H and O–H groups in total. The number of carbonyl (C=O) groups is 3. The van der Waals surface area contributed by atoms with Gasteiger partial charge >= 0.3 is 27.7 Å². The van der Waals surface area contributed by atoms with E-state index in [0.717, 1.165) is 33.8 Å².